The first-order valence-corrected chi connectivity index (χ1v) is 8.34. The maximum atomic E-state index is 13.6. The van der Waals surface area contributed by atoms with Gasteiger partial charge in [-0.15, -0.1) is 0 Å². The third kappa shape index (κ3) is 3.88. The first kappa shape index (κ1) is 21.0. The normalized spacial score (nSPS) is 11.2. The van der Waals surface area contributed by atoms with E-state index in [-0.39, 0.29) is 5.76 Å². The van der Waals surface area contributed by atoms with Crippen LogP contribution in [-0.2, 0) is 4.74 Å². The quantitative estimate of drug-likeness (QED) is 0.153. The van der Waals surface area contributed by atoms with Crippen LogP contribution >= 0.6 is 0 Å². The lowest BCUT2D eigenvalue weighted by Crippen LogP contribution is -2.06. The van der Waals surface area contributed by atoms with Gasteiger partial charge in [-0.1, -0.05) is 6.07 Å². The lowest BCUT2D eigenvalue weighted by atomic mass is 10.0. The molecule has 156 valence electrons. The predicted molar refractivity (Wildman–Crippen MR) is 97.7 cm³/mol. The van der Waals surface area contributed by atoms with Crippen molar-refractivity contribution in [3.05, 3.63) is 76.3 Å². The zero-order valence-electron chi connectivity index (χ0n) is 15.5. The molecule has 5 nitrogen and oxygen atoms in total. The van der Waals surface area contributed by atoms with Crippen LogP contribution in [0.1, 0.15) is 21.7 Å². The van der Waals surface area contributed by atoms with Crippen molar-refractivity contribution in [2.45, 2.75) is 6.92 Å². The second-order valence-corrected chi connectivity index (χ2v) is 6.04. The third-order valence-electron chi connectivity index (χ3n) is 4.12. The van der Waals surface area contributed by atoms with E-state index in [1.165, 1.54) is 13.2 Å². The molecule has 0 bridgehead atoms. The summed E-state index contributed by atoms with van der Waals surface area (Å²) < 4.78 is 76.8. The van der Waals surface area contributed by atoms with E-state index in [1.807, 2.05) is 0 Å². The molecule has 2 aromatic carbocycles. The van der Waals surface area contributed by atoms with Crippen molar-refractivity contribution in [1.29, 1.82) is 0 Å². The van der Waals surface area contributed by atoms with Crippen molar-refractivity contribution in [1.82, 2.24) is 0 Å². The van der Waals surface area contributed by atoms with E-state index in [0.29, 0.717) is 16.9 Å². The Balaban J connectivity index is 1.80. The topological polar surface area (TPSA) is 63.8 Å². The van der Waals surface area contributed by atoms with Crippen LogP contribution in [0.25, 0.3) is 11.3 Å². The molecule has 0 fully saturated rings. The largest absolute Gasteiger partial charge is 0.465 e. The number of nitrogens with one attached hydrogen (secondary N) is 1. The first-order chi connectivity index (χ1) is 14.2. The molecular formula is C20H13F5N2O3. The number of furan rings is 1. The van der Waals surface area contributed by atoms with E-state index in [0.717, 1.165) is 11.8 Å². The first-order valence-electron chi connectivity index (χ1n) is 8.34. The number of nitrogens with zero attached hydrogens (tertiary/aromatic N) is 1. The van der Waals surface area contributed by atoms with Gasteiger partial charge in [-0.25, -0.2) is 26.7 Å². The molecule has 0 spiro atoms. The SMILES string of the molecule is COC(=O)c1ccc(-c2ccc(/C=N\Nc3c(F)c(F)c(F)c(F)c3F)o2)c(C)c1. The molecule has 10 heteroatoms. The molecule has 0 amide bonds. The average Bonchev–Trinajstić information content (AvgIpc) is 3.21. The number of esters is 1. The number of carbonyl (C=O) groups excluding carboxylic acids is 1. The summed E-state index contributed by atoms with van der Waals surface area (Å²) in [6, 6.07) is 7.87. The average molecular weight is 424 g/mol. The van der Waals surface area contributed by atoms with Crippen LogP contribution in [0, 0.1) is 36.0 Å². The summed E-state index contributed by atoms with van der Waals surface area (Å²) in [4.78, 5) is 11.6. The molecule has 0 unspecified atom stereocenters. The van der Waals surface area contributed by atoms with Crippen LogP contribution in [0.3, 0.4) is 0 Å². The highest BCUT2D eigenvalue weighted by atomic mass is 19.2. The Hall–Kier alpha value is -3.69. The molecule has 0 aliphatic carbocycles. The Morgan fingerprint density at radius 2 is 1.63 bits per heavy atom. The molecule has 1 heterocycles. The van der Waals surface area contributed by atoms with Gasteiger partial charge in [0.05, 0.1) is 18.9 Å². The highest BCUT2D eigenvalue weighted by Gasteiger charge is 2.25. The molecule has 30 heavy (non-hydrogen) atoms. The number of hydrogen-bond donors (Lipinski definition) is 1. The minimum atomic E-state index is -2.26. The van der Waals surface area contributed by atoms with E-state index in [1.54, 1.807) is 36.6 Å². The number of hydrazone groups is 1. The number of benzene rings is 2. The van der Waals surface area contributed by atoms with E-state index in [9.17, 15) is 26.7 Å². The minimum Gasteiger partial charge on any atom is -0.465 e. The van der Waals surface area contributed by atoms with Crippen LogP contribution in [0.4, 0.5) is 27.6 Å². The van der Waals surface area contributed by atoms with Gasteiger partial charge < -0.3 is 9.15 Å². The van der Waals surface area contributed by atoms with Crippen molar-refractivity contribution in [2.75, 3.05) is 12.5 Å². The molecule has 1 aromatic heterocycles. The Kier molecular flexibility index (Phi) is 5.86. The molecule has 0 aliphatic heterocycles. The highest BCUT2D eigenvalue weighted by molar-refractivity contribution is 5.90. The molecule has 3 rings (SSSR count). The molecule has 0 aliphatic rings. The second kappa shape index (κ2) is 8.36. The van der Waals surface area contributed by atoms with Crippen LogP contribution in [0.5, 0.6) is 0 Å². The number of rotatable bonds is 5. The number of hydrogen-bond acceptors (Lipinski definition) is 5. The molecule has 0 atom stereocenters. The number of aryl methyl sites for hydroxylation is 1. The van der Waals surface area contributed by atoms with Crippen LogP contribution in [0.2, 0.25) is 0 Å². The minimum absolute atomic E-state index is 0.137. The van der Waals surface area contributed by atoms with E-state index >= 15 is 0 Å². The summed E-state index contributed by atoms with van der Waals surface area (Å²) in [5.41, 5.74) is 2.24. The van der Waals surface area contributed by atoms with Gasteiger partial charge in [0, 0.05) is 5.56 Å². The van der Waals surface area contributed by atoms with Crippen LogP contribution in [-0.4, -0.2) is 19.3 Å². The van der Waals surface area contributed by atoms with E-state index < -0.39 is 40.7 Å². The number of halogens is 5. The summed E-state index contributed by atoms with van der Waals surface area (Å²) in [6.07, 6.45) is 1.000. The van der Waals surface area contributed by atoms with Gasteiger partial charge >= 0.3 is 5.97 Å². The molecule has 1 N–H and O–H groups in total. The Bertz CT molecular complexity index is 1130. The number of anilines is 1. The molecule has 0 radical (unpaired) electrons. The van der Waals surface area contributed by atoms with Crippen LogP contribution < -0.4 is 5.43 Å². The summed E-state index contributed by atoms with van der Waals surface area (Å²) in [5.74, 6) is -10.5. The van der Waals surface area contributed by atoms with Gasteiger partial charge in [0.25, 0.3) is 0 Å². The Morgan fingerprint density at radius 1 is 1.00 bits per heavy atom. The van der Waals surface area contributed by atoms with Crippen molar-refractivity contribution in [3.8, 4) is 11.3 Å². The predicted octanol–water partition coefficient (Wildman–Crippen LogP) is 5.18. The van der Waals surface area contributed by atoms with E-state index in [4.69, 9.17) is 4.42 Å². The van der Waals surface area contributed by atoms with Crippen LogP contribution in [0.15, 0.2) is 39.9 Å². The fraction of sp³-hybridized carbons (Fsp3) is 0.100. The summed E-state index contributed by atoms with van der Waals surface area (Å²) in [7, 11) is 1.27. The maximum Gasteiger partial charge on any atom is 0.337 e. The third-order valence-corrected chi connectivity index (χ3v) is 4.12. The molecule has 0 saturated carbocycles. The number of carbonyl (C=O) groups is 1. The summed E-state index contributed by atoms with van der Waals surface area (Å²) >= 11 is 0. The molecular weight excluding hydrogens is 411 g/mol. The van der Waals surface area contributed by atoms with E-state index in [2.05, 4.69) is 9.84 Å². The fourth-order valence-electron chi connectivity index (χ4n) is 2.62. The lowest BCUT2D eigenvalue weighted by Gasteiger charge is -2.06. The molecule has 3 aromatic rings. The van der Waals surface area contributed by atoms with Gasteiger partial charge in [0.1, 0.15) is 17.2 Å². The van der Waals surface area contributed by atoms with Crippen molar-refractivity contribution in [3.63, 3.8) is 0 Å². The van der Waals surface area contributed by atoms with Crippen molar-refractivity contribution < 1.29 is 35.9 Å². The fourth-order valence-corrected chi connectivity index (χ4v) is 2.62. The lowest BCUT2D eigenvalue weighted by molar-refractivity contribution is 0.0600. The second-order valence-electron chi connectivity index (χ2n) is 6.04. The smallest absolute Gasteiger partial charge is 0.337 e. The number of ether oxygens (including phenoxy) is 1. The zero-order chi connectivity index (χ0) is 22.0. The zero-order valence-corrected chi connectivity index (χ0v) is 15.5. The van der Waals surface area contributed by atoms with Gasteiger partial charge in [0.15, 0.2) is 23.3 Å². The molecule has 0 saturated heterocycles. The summed E-state index contributed by atoms with van der Waals surface area (Å²) in [5, 5.41) is 3.46. The van der Waals surface area contributed by atoms with Crippen molar-refractivity contribution >= 4 is 17.9 Å². The van der Waals surface area contributed by atoms with Gasteiger partial charge in [0.2, 0.25) is 5.82 Å². The van der Waals surface area contributed by atoms with Gasteiger partial charge in [-0.05, 0) is 36.8 Å². The monoisotopic (exact) mass is 424 g/mol. The standard InChI is InChI=1S/C20H13F5N2O3/c1-9-7-10(20(28)29-2)3-5-12(9)13-6-4-11(30-13)8-26-27-19-17(24)15(22)14(21)16(23)18(19)25/h3-8,27H,1-2H3/b26-8-. The Labute approximate surface area is 166 Å². The van der Waals surface area contributed by atoms with Gasteiger partial charge in [-0.3, -0.25) is 5.43 Å². The Morgan fingerprint density at radius 3 is 2.23 bits per heavy atom. The van der Waals surface area contributed by atoms with Gasteiger partial charge in [-0.2, -0.15) is 5.10 Å². The maximum absolute atomic E-state index is 13.6. The highest BCUT2D eigenvalue weighted by Crippen LogP contribution is 2.28. The summed E-state index contributed by atoms with van der Waals surface area (Å²) in [6.45, 7) is 1.75. The number of methoxy groups -OCH3 is 1. The van der Waals surface area contributed by atoms with Crippen molar-refractivity contribution in [2.24, 2.45) is 5.10 Å².